The second-order valence-electron chi connectivity index (χ2n) is 5.68. The Bertz CT molecular complexity index is 641. The molecule has 2 unspecified atom stereocenters. The number of nitrogens with zero attached hydrogens (tertiary/aromatic N) is 1. The number of methoxy groups -OCH3 is 1. The molecule has 5 nitrogen and oxygen atoms in total. The fraction of sp³-hybridized carbons (Fsp3) is 0.562. The van der Waals surface area contributed by atoms with E-state index in [0.717, 1.165) is 11.3 Å². The summed E-state index contributed by atoms with van der Waals surface area (Å²) in [5, 5.41) is 0. The van der Waals surface area contributed by atoms with E-state index in [0.29, 0.717) is 13.0 Å². The minimum atomic E-state index is -3.05. The van der Waals surface area contributed by atoms with Gasteiger partial charge in [0.2, 0.25) is 5.91 Å². The second kappa shape index (κ2) is 6.69. The number of hydrogen-bond acceptors (Lipinski definition) is 4. The molecule has 0 N–H and O–H groups in total. The fourth-order valence-corrected chi connectivity index (χ4v) is 4.66. The lowest BCUT2D eigenvalue weighted by molar-refractivity contribution is -0.136. The van der Waals surface area contributed by atoms with Gasteiger partial charge in [0.25, 0.3) is 0 Å². The molecule has 1 aliphatic heterocycles. The summed E-state index contributed by atoms with van der Waals surface area (Å²) in [6.07, 6.45) is 0.433. The van der Waals surface area contributed by atoms with Gasteiger partial charge in [0.1, 0.15) is 5.75 Å². The van der Waals surface area contributed by atoms with Gasteiger partial charge < -0.3 is 9.64 Å². The Kier molecular flexibility index (Phi) is 5.11. The molecule has 1 fully saturated rings. The smallest absolute Gasteiger partial charge is 0.227 e. The first-order chi connectivity index (χ1) is 10.4. The van der Waals surface area contributed by atoms with E-state index in [4.69, 9.17) is 4.74 Å². The fourth-order valence-electron chi connectivity index (χ4n) is 2.93. The zero-order valence-corrected chi connectivity index (χ0v) is 14.1. The molecule has 0 bridgehead atoms. The van der Waals surface area contributed by atoms with Crippen LogP contribution >= 0.6 is 0 Å². The molecule has 0 aliphatic carbocycles. The van der Waals surface area contributed by atoms with Crippen molar-refractivity contribution in [2.45, 2.75) is 26.3 Å². The Labute approximate surface area is 132 Å². The number of carbonyl (C=O) groups excluding carboxylic acids is 1. The second-order valence-corrected chi connectivity index (χ2v) is 7.91. The summed E-state index contributed by atoms with van der Waals surface area (Å²) in [6, 6.07) is 7.50. The first-order valence-electron chi connectivity index (χ1n) is 7.52. The van der Waals surface area contributed by atoms with E-state index in [-0.39, 0.29) is 23.5 Å². The predicted molar refractivity (Wildman–Crippen MR) is 85.6 cm³/mol. The Morgan fingerprint density at radius 1 is 1.45 bits per heavy atom. The monoisotopic (exact) mass is 325 g/mol. The van der Waals surface area contributed by atoms with Gasteiger partial charge in [-0.3, -0.25) is 4.79 Å². The molecule has 0 aromatic heterocycles. The van der Waals surface area contributed by atoms with Crippen LogP contribution in [0.2, 0.25) is 0 Å². The summed E-state index contributed by atoms with van der Waals surface area (Å²) in [4.78, 5) is 14.4. The highest BCUT2D eigenvalue weighted by molar-refractivity contribution is 7.91. The van der Waals surface area contributed by atoms with Crippen molar-refractivity contribution in [2.24, 2.45) is 5.92 Å². The SMILES string of the molecule is CCN(C(=O)C1CCS(=O)(=O)C1)C(C)c1cccc(OC)c1. The minimum Gasteiger partial charge on any atom is -0.497 e. The lowest BCUT2D eigenvalue weighted by Crippen LogP contribution is -2.38. The van der Waals surface area contributed by atoms with E-state index < -0.39 is 15.8 Å². The largest absolute Gasteiger partial charge is 0.497 e. The van der Waals surface area contributed by atoms with Crippen LogP contribution in [0, 0.1) is 5.92 Å². The highest BCUT2D eigenvalue weighted by Gasteiger charge is 2.36. The van der Waals surface area contributed by atoms with Crippen molar-refractivity contribution < 1.29 is 17.9 Å². The van der Waals surface area contributed by atoms with Crippen molar-refractivity contribution in [3.63, 3.8) is 0 Å². The summed E-state index contributed by atoms with van der Waals surface area (Å²) < 4.78 is 28.4. The lowest BCUT2D eigenvalue weighted by atomic mass is 10.0. The van der Waals surface area contributed by atoms with Gasteiger partial charge in [0.15, 0.2) is 9.84 Å². The first kappa shape index (κ1) is 16.8. The van der Waals surface area contributed by atoms with Crippen LogP contribution in [-0.2, 0) is 14.6 Å². The van der Waals surface area contributed by atoms with Gasteiger partial charge in [-0.2, -0.15) is 0 Å². The van der Waals surface area contributed by atoms with Crippen LogP contribution in [0.15, 0.2) is 24.3 Å². The van der Waals surface area contributed by atoms with Gasteiger partial charge >= 0.3 is 0 Å². The summed E-state index contributed by atoms with van der Waals surface area (Å²) in [7, 11) is -1.44. The number of sulfone groups is 1. The molecule has 1 aromatic carbocycles. The highest BCUT2D eigenvalue weighted by Crippen LogP contribution is 2.28. The molecule has 0 radical (unpaired) electrons. The van der Waals surface area contributed by atoms with Gasteiger partial charge in [-0.05, 0) is 38.0 Å². The molecule has 1 heterocycles. The van der Waals surface area contributed by atoms with Crippen LogP contribution in [0.1, 0.15) is 31.9 Å². The third kappa shape index (κ3) is 3.61. The van der Waals surface area contributed by atoms with Crippen LogP contribution in [0.25, 0.3) is 0 Å². The average Bonchev–Trinajstić information content (AvgIpc) is 2.88. The lowest BCUT2D eigenvalue weighted by Gasteiger charge is -2.30. The number of benzene rings is 1. The van der Waals surface area contributed by atoms with Crippen molar-refractivity contribution in [3.8, 4) is 5.75 Å². The number of rotatable bonds is 5. The molecule has 1 aromatic rings. The van der Waals surface area contributed by atoms with Crippen molar-refractivity contribution >= 4 is 15.7 Å². The third-order valence-electron chi connectivity index (χ3n) is 4.25. The van der Waals surface area contributed by atoms with E-state index in [1.54, 1.807) is 12.0 Å². The summed E-state index contributed by atoms with van der Waals surface area (Å²) in [5.41, 5.74) is 0.982. The Morgan fingerprint density at radius 2 is 2.18 bits per heavy atom. The number of ether oxygens (including phenoxy) is 1. The molecule has 6 heteroatoms. The molecule has 22 heavy (non-hydrogen) atoms. The maximum atomic E-state index is 12.7. The molecular weight excluding hydrogens is 302 g/mol. The predicted octanol–water partition coefficient (Wildman–Crippen LogP) is 2.04. The van der Waals surface area contributed by atoms with Gasteiger partial charge in [0, 0.05) is 6.54 Å². The number of amides is 1. The number of carbonyl (C=O) groups is 1. The Balaban J connectivity index is 2.18. The Hall–Kier alpha value is -1.56. The van der Waals surface area contributed by atoms with Crippen LogP contribution < -0.4 is 4.74 Å². The molecule has 0 spiro atoms. The normalized spacial score (nSPS) is 21.3. The van der Waals surface area contributed by atoms with Crippen molar-refractivity contribution in [1.82, 2.24) is 4.90 Å². The van der Waals surface area contributed by atoms with Crippen LogP contribution in [0.5, 0.6) is 5.75 Å². The highest BCUT2D eigenvalue weighted by atomic mass is 32.2. The van der Waals surface area contributed by atoms with E-state index in [1.165, 1.54) is 0 Å². The maximum absolute atomic E-state index is 12.7. The van der Waals surface area contributed by atoms with Gasteiger partial charge in [-0.1, -0.05) is 12.1 Å². The molecule has 2 rings (SSSR count). The zero-order valence-electron chi connectivity index (χ0n) is 13.3. The summed E-state index contributed by atoms with van der Waals surface area (Å²) >= 11 is 0. The number of hydrogen-bond donors (Lipinski definition) is 0. The van der Waals surface area contributed by atoms with E-state index in [9.17, 15) is 13.2 Å². The molecule has 1 amide bonds. The molecular formula is C16H23NO4S. The van der Waals surface area contributed by atoms with E-state index >= 15 is 0 Å². The summed E-state index contributed by atoms with van der Waals surface area (Å²) in [5.74, 6) is 0.370. The minimum absolute atomic E-state index is 0.0207. The zero-order chi connectivity index (χ0) is 16.3. The van der Waals surface area contributed by atoms with Crippen molar-refractivity contribution in [3.05, 3.63) is 29.8 Å². The van der Waals surface area contributed by atoms with E-state index in [2.05, 4.69) is 0 Å². The van der Waals surface area contributed by atoms with Crippen molar-refractivity contribution in [1.29, 1.82) is 0 Å². The van der Waals surface area contributed by atoms with Crippen LogP contribution in [-0.4, -0.2) is 44.4 Å². The Morgan fingerprint density at radius 3 is 2.73 bits per heavy atom. The van der Waals surface area contributed by atoms with Crippen molar-refractivity contribution in [2.75, 3.05) is 25.2 Å². The quantitative estimate of drug-likeness (QED) is 0.831. The molecule has 1 aliphatic rings. The molecule has 2 atom stereocenters. The topological polar surface area (TPSA) is 63.7 Å². The standard InChI is InChI=1S/C16H23NO4S/c1-4-17(16(18)14-8-9-22(19,20)11-14)12(2)13-6-5-7-15(10-13)21-3/h5-7,10,12,14H,4,8-9,11H2,1-3H3. The third-order valence-corrected chi connectivity index (χ3v) is 6.02. The van der Waals surface area contributed by atoms with Gasteiger partial charge in [0.05, 0.1) is 30.6 Å². The summed E-state index contributed by atoms with van der Waals surface area (Å²) in [6.45, 7) is 4.42. The van der Waals surface area contributed by atoms with Crippen LogP contribution in [0.4, 0.5) is 0 Å². The maximum Gasteiger partial charge on any atom is 0.227 e. The average molecular weight is 325 g/mol. The first-order valence-corrected chi connectivity index (χ1v) is 9.35. The van der Waals surface area contributed by atoms with Gasteiger partial charge in [-0.25, -0.2) is 8.42 Å². The van der Waals surface area contributed by atoms with Gasteiger partial charge in [-0.15, -0.1) is 0 Å². The van der Waals surface area contributed by atoms with Crippen LogP contribution in [0.3, 0.4) is 0 Å². The van der Waals surface area contributed by atoms with E-state index in [1.807, 2.05) is 38.1 Å². The molecule has 122 valence electrons. The molecule has 1 saturated heterocycles. The molecule has 0 saturated carbocycles.